The highest BCUT2D eigenvalue weighted by Crippen LogP contribution is 2.17. The van der Waals surface area contributed by atoms with Gasteiger partial charge in [0.2, 0.25) is 0 Å². The van der Waals surface area contributed by atoms with Gasteiger partial charge in [-0.2, -0.15) is 16.9 Å². The Morgan fingerprint density at radius 2 is 2.50 bits per heavy atom. The van der Waals surface area contributed by atoms with Crippen molar-refractivity contribution in [3.8, 4) is 0 Å². The predicted octanol–water partition coefficient (Wildman–Crippen LogP) is 1.97. The molecule has 16 heavy (non-hydrogen) atoms. The van der Waals surface area contributed by atoms with E-state index in [0.29, 0.717) is 6.04 Å². The Morgan fingerprint density at radius 3 is 3.19 bits per heavy atom. The molecule has 1 aliphatic heterocycles. The minimum absolute atomic E-state index is 0.698. The lowest BCUT2D eigenvalue weighted by atomic mass is 10.1. The summed E-state index contributed by atoms with van der Waals surface area (Å²) in [7, 11) is 2.00. The van der Waals surface area contributed by atoms with Gasteiger partial charge in [-0.1, -0.05) is 6.92 Å². The Labute approximate surface area is 102 Å². The van der Waals surface area contributed by atoms with E-state index in [0.717, 1.165) is 13.0 Å². The molecule has 0 spiro atoms. The van der Waals surface area contributed by atoms with Crippen LogP contribution in [0, 0.1) is 0 Å². The van der Waals surface area contributed by atoms with Crippen LogP contribution in [0.4, 0.5) is 0 Å². The lowest BCUT2D eigenvalue weighted by Gasteiger charge is -2.22. The molecular formula is C12H21N3S. The van der Waals surface area contributed by atoms with E-state index in [9.17, 15) is 0 Å². The number of nitrogens with zero attached hydrogens (tertiary/aromatic N) is 2. The van der Waals surface area contributed by atoms with Crippen molar-refractivity contribution in [2.75, 3.05) is 11.5 Å². The van der Waals surface area contributed by atoms with Gasteiger partial charge >= 0.3 is 0 Å². The van der Waals surface area contributed by atoms with Gasteiger partial charge in [-0.25, -0.2) is 0 Å². The van der Waals surface area contributed by atoms with E-state index in [1.54, 1.807) is 0 Å². The first-order chi connectivity index (χ1) is 7.79. The van der Waals surface area contributed by atoms with Gasteiger partial charge in [-0.15, -0.1) is 0 Å². The molecule has 0 aliphatic carbocycles. The summed E-state index contributed by atoms with van der Waals surface area (Å²) in [6.45, 7) is 3.14. The van der Waals surface area contributed by atoms with Crippen LogP contribution in [-0.4, -0.2) is 27.3 Å². The van der Waals surface area contributed by atoms with Crippen LogP contribution >= 0.6 is 11.8 Å². The van der Waals surface area contributed by atoms with Crippen LogP contribution in [0.2, 0.25) is 0 Å². The SMILES string of the molecule is CCc1nn(C)cc1CNC1CCCSC1. The first-order valence-corrected chi connectivity index (χ1v) is 7.27. The van der Waals surface area contributed by atoms with Crippen molar-refractivity contribution >= 4 is 11.8 Å². The maximum atomic E-state index is 4.46. The van der Waals surface area contributed by atoms with Gasteiger partial charge in [0, 0.05) is 37.1 Å². The van der Waals surface area contributed by atoms with Crippen molar-refractivity contribution in [1.82, 2.24) is 15.1 Å². The molecule has 1 N–H and O–H groups in total. The second-order valence-corrected chi connectivity index (χ2v) is 5.57. The zero-order valence-electron chi connectivity index (χ0n) is 10.2. The quantitative estimate of drug-likeness (QED) is 0.871. The average molecular weight is 239 g/mol. The number of aryl methyl sites for hydroxylation is 2. The van der Waals surface area contributed by atoms with Crippen molar-refractivity contribution < 1.29 is 0 Å². The molecule has 3 nitrogen and oxygen atoms in total. The molecule has 90 valence electrons. The molecule has 1 unspecified atom stereocenters. The number of hydrogen-bond acceptors (Lipinski definition) is 3. The van der Waals surface area contributed by atoms with Gasteiger partial charge in [-0.05, 0) is 25.0 Å². The maximum Gasteiger partial charge on any atom is 0.0666 e. The van der Waals surface area contributed by atoms with E-state index in [1.807, 2.05) is 11.7 Å². The van der Waals surface area contributed by atoms with Crippen molar-refractivity contribution in [1.29, 1.82) is 0 Å². The molecule has 4 heteroatoms. The number of nitrogens with one attached hydrogen (secondary N) is 1. The van der Waals surface area contributed by atoms with Crippen LogP contribution < -0.4 is 5.32 Å². The van der Waals surface area contributed by atoms with Gasteiger partial charge in [0.15, 0.2) is 0 Å². The van der Waals surface area contributed by atoms with Crippen molar-refractivity contribution in [3.63, 3.8) is 0 Å². The monoisotopic (exact) mass is 239 g/mol. The first-order valence-electron chi connectivity index (χ1n) is 6.12. The molecule has 0 bridgehead atoms. The van der Waals surface area contributed by atoms with Gasteiger partial charge < -0.3 is 5.32 Å². The van der Waals surface area contributed by atoms with Gasteiger partial charge in [0.1, 0.15) is 0 Å². The standard InChI is InChI=1S/C12H21N3S/c1-3-12-10(8-15(2)14-12)7-13-11-5-4-6-16-9-11/h8,11,13H,3-7,9H2,1-2H3. The maximum absolute atomic E-state index is 4.46. The Kier molecular flexibility index (Phi) is 4.29. The summed E-state index contributed by atoms with van der Waals surface area (Å²) in [6.07, 6.45) is 5.85. The topological polar surface area (TPSA) is 29.9 Å². The summed E-state index contributed by atoms with van der Waals surface area (Å²) in [4.78, 5) is 0. The second kappa shape index (κ2) is 5.73. The van der Waals surface area contributed by atoms with Gasteiger partial charge in [-0.3, -0.25) is 4.68 Å². The molecule has 1 atom stereocenters. The molecule has 0 radical (unpaired) electrons. The molecule has 2 heterocycles. The van der Waals surface area contributed by atoms with Crippen LogP contribution in [0.5, 0.6) is 0 Å². The smallest absolute Gasteiger partial charge is 0.0666 e. The summed E-state index contributed by atoms with van der Waals surface area (Å²) >= 11 is 2.07. The van der Waals surface area contributed by atoms with Crippen LogP contribution in [0.3, 0.4) is 0 Å². The molecule has 0 aromatic carbocycles. The highest BCUT2D eigenvalue weighted by atomic mass is 32.2. The fourth-order valence-corrected chi connectivity index (χ4v) is 3.29. The summed E-state index contributed by atoms with van der Waals surface area (Å²) in [5.41, 5.74) is 2.60. The Bertz CT molecular complexity index is 329. The van der Waals surface area contributed by atoms with Crippen LogP contribution in [-0.2, 0) is 20.0 Å². The average Bonchev–Trinajstić information content (AvgIpc) is 2.68. The molecule has 0 amide bonds. The molecule has 1 saturated heterocycles. The first kappa shape index (κ1) is 12.0. The van der Waals surface area contributed by atoms with E-state index in [1.165, 1.54) is 35.6 Å². The fraction of sp³-hybridized carbons (Fsp3) is 0.750. The third kappa shape index (κ3) is 3.01. The number of rotatable bonds is 4. The van der Waals surface area contributed by atoms with Crippen LogP contribution in [0.25, 0.3) is 0 Å². The fourth-order valence-electron chi connectivity index (χ4n) is 2.18. The van der Waals surface area contributed by atoms with Crippen LogP contribution in [0.1, 0.15) is 31.0 Å². The third-order valence-corrected chi connectivity index (χ3v) is 4.28. The Hall–Kier alpha value is -0.480. The highest BCUT2D eigenvalue weighted by Gasteiger charge is 2.14. The van der Waals surface area contributed by atoms with Gasteiger partial charge in [0.25, 0.3) is 0 Å². The van der Waals surface area contributed by atoms with Crippen molar-refractivity contribution in [3.05, 3.63) is 17.5 Å². The summed E-state index contributed by atoms with van der Waals surface area (Å²) in [5.74, 6) is 2.60. The zero-order valence-corrected chi connectivity index (χ0v) is 11.0. The van der Waals surface area contributed by atoms with Crippen molar-refractivity contribution in [2.45, 2.75) is 38.8 Å². The predicted molar refractivity (Wildman–Crippen MR) is 69.8 cm³/mol. The van der Waals surface area contributed by atoms with E-state index in [2.05, 4.69) is 35.3 Å². The number of thioether (sulfide) groups is 1. The summed E-state index contributed by atoms with van der Waals surface area (Å²) < 4.78 is 1.92. The Balaban J connectivity index is 1.87. The van der Waals surface area contributed by atoms with E-state index < -0.39 is 0 Å². The van der Waals surface area contributed by atoms with E-state index in [4.69, 9.17) is 0 Å². The molecule has 1 aromatic rings. The molecule has 1 fully saturated rings. The zero-order chi connectivity index (χ0) is 11.4. The molecule has 0 saturated carbocycles. The molecule has 2 rings (SSSR count). The third-order valence-electron chi connectivity index (χ3n) is 3.07. The lowest BCUT2D eigenvalue weighted by Crippen LogP contribution is -2.33. The lowest BCUT2D eigenvalue weighted by molar-refractivity contribution is 0.506. The second-order valence-electron chi connectivity index (χ2n) is 4.42. The number of aromatic nitrogens is 2. The summed E-state index contributed by atoms with van der Waals surface area (Å²) in [6, 6.07) is 0.698. The minimum Gasteiger partial charge on any atom is -0.309 e. The number of hydrogen-bond donors (Lipinski definition) is 1. The van der Waals surface area contributed by atoms with E-state index >= 15 is 0 Å². The largest absolute Gasteiger partial charge is 0.309 e. The molecular weight excluding hydrogens is 218 g/mol. The normalized spacial score (nSPS) is 21.2. The molecule has 1 aliphatic rings. The minimum atomic E-state index is 0.698. The van der Waals surface area contributed by atoms with Crippen LogP contribution in [0.15, 0.2) is 6.20 Å². The van der Waals surface area contributed by atoms with Gasteiger partial charge in [0.05, 0.1) is 5.69 Å². The molecule has 1 aromatic heterocycles. The Morgan fingerprint density at radius 1 is 1.62 bits per heavy atom. The van der Waals surface area contributed by atoms with E-state index in [-0.39, 0.29) is 0 Å². The highest BCUT2D eigenvalue weighted by molar-refractivity contribution is 7.99. The van der Waals surface area contributed by atoms with Crippen molar-refractivity contribution in [2.24, 2.45) is 7.05 Å². The summed E-state index contributed by atoms with van der Waals surface area (Å²) in [5, 5.41) is 8.12.